The second kappa shape index (κ2) is 5.83. The first-order valence-electron chi connectivity index (χ1n) is 6.55. The lowest BCUT2D eigenvalue weighted by Gasteiger charge is -2.24. The quantitative estimate of drug-likeness (QED) is 0.847. The lowest BCUT2D eigenvalue weighted by atomic mass is 9.94. The van der Waals surface area contributed by atoms with Crippen molar-refractivity contribution in [1.82, 2.24) is 5.32 Å². The van der Waals surface area contributed by atoms with Gasteiger partial charge in [0.05, 0.1) is 6.04 Å². The van der Waals surface area contributed by atoms with E-state index in [1.54, 1.807) is 0 Å². The Balaban J connectivity index is 2.41. The van der Waals surface area contributed by atoms with Crippen LogP contribution in [0.2, 0.25) is 0 Å². The second-order valence-electron chi connectivity index (χ2n) is 5.02. The van der Waals surface area contributed by atoms with Crippen molar-refractivity contribution >= 4 is 0 Å². The van der Waals surface area contributed by atoms with Gasteiger partial charge < -0.3 is 5.32 Å². The average Bonchev–Trinajstić information content (AvgIpc) is 2.38. The molecule has 0 fully saturated rings. The summed E-state index contributed by atoms with van der Waals surface area (Å²) in [5.41, 5.74) is 4.01. The van der Waals surface area contributed by atoms with Crippen LogP contribution in [0.1, 0.15) is 36.6 Å². The second-order valence-corrected chi connectivity index (χ2v) is 5.02. The Morgan fingerprint density at radius 3 is 2.06 bits per heavy atom. The number of hydrogen-bond donors (Lipinski definition) is 1. The lowest BCUT2D eigenvalue weighted by molar-refractivity contribution is 0.527. The maximum absolute atomic E-state index is 3.65. The van der Waals surface area contributed by atoms with Gasteiger partial charge in [-0.3, -0.25) is 0 Å². The van der Waals surface area contributed by atoms with E-state index in [0.29, 0.717) is 6.04 Å². The third-order valence-electron chi connectivity index (χ3n) is 3.13. The number of hydrogen-bond acceptors (Lipinski definition) is 1. The third kappa shape index (κ3) is 2.99. The summed E-state index contributed by atoms with van der Waals surface area (Å²) in [7, 11) is 0. The van der Waals surface area contributed by atoms with Crippen molar-refractivity contribution in [3.63, 3.8) is 0 Å². The summed E-state index contributed by atoms with van der Waals surface area (Å²) in [6, 6.07) is 20.0. The van der Waals surface area contributed by atoms with Crippen LogP contribution in [-0.4, -0.2) is 6.04 Å². The van der Waals surface area contributed by atoms with Gasteiger partial charge in [-0.15, -0.1) is 0 Å². The van der Waals surface area contributed by atoms with E-state index in [9.17, 15) is 0 Å². The minimum absolute atomic E-state index is 0.271. The van der Waals surface area contributed by atoms with Crippen LogP contribution in [-0.2, 0) is 0 Å². The molecule has 18 heavy (non-hydrogen) atoms. The van der Waals surface area contributed by atoms with Crippen LogP contribution in [0.25, 0.3) is 0 Å². The smallest absolute Gasteiger partial charge is 0.0581 e. The monoisotopic (exact) mass is 239 g/mol. The summed E-state index contributed by atoms with van der Waals surface area (Å²) >= 11 is 0. The fourth-order valence-electron chi connectivity index (χ4n) is 2.26. The SMILES string of the molecule is Cc1ccccc1C(NC(C)C)c1ccccc1. The van der Waals surface area contributed by atoms with Crippen molar-refractivity contribution in [1.29, 1.82) is 0 Å². The molecule has 1 atom stereocenters. The van der Waals surface area contributed by atoms with Crippen molar-refractivity contribution < 1.29 is 0 Å². The zero-order valence-electron chi connectivity index (χ0n) is 11.4. The van der Waals surface area contributed by atoms with E-state index >= 15 is 0 Å². The molecule has 0 radical (unpaired) electrons. The molecule has 0 aliphatic heterocycles. The predicted molar refractivity (Wildman–Crippen MR) is 77.7 cm³/mol. The van der Waals surface area contributed by atoms with Gasteiger partial charge in [0.2, 0.25) is 0 Å². The first-order valence-corrected chi connectivity index (χ1v) is 6.55. The van der Waals surface area contributed by atoms with Crippen LogP contribution >= 0.6 is 0 Å². The van der Waals surface area contributed by atoms with Gasteiger partial charge in [0, 0.05) is 6.04 Å². The molecule has 1 heteroatoms. The van der Waals surface area contributed by atoms with Gasteiger partial charge >= 0.3 is 0 Å². The average molecular weight is 239 g/mol. The van der Waals surface area contributed by atoms with Gasteiger partial charge in [-0.05, 0) is 37.5 Å². The molecule has 0 saturated carbocycles. The van der Waals surface area contributed by atoms with Gasteiger partial charge in [0.15, 0.2) is 0 Å². The molecule has 0 heterocycles. The normalized spacial score (nSPS) is 12.7. The van der Waals surface area contributed by atoms with Crippen molar-refractivity contribution in [3.05, 3.63) is 71.3 Å². The summed E-state index contributed by atoms with van der Waals surface area (Å²) in [5.74, 6) is 0. The van der Waals surface area contributed by atoms with Crippen molar-refractivity contribution in [3.8, 4) is 0 Å². The molecule has 2 aromatic carbocycles. The van der Waals surface area contributed by atoms with Crippen LogP contribution in [0.5, 0.6) is 0 Å². The van der Waals surface area contributed by atoms with Gasteiger partial charge in [-0.1, -0.05) is 54.6 Å². The predicted octanol–water partition coefficient (Wildman–Crippen LogP) is 4.08. The highest BCUT2D eigenvalue weighted by atomic mass is 14.9. The fourth-order valence-corrected chi connectivity index (χ4v) is 2.26. The standard InChI is InChI=1S/C17H21N/c1-13(2)18-17(15-10-5-4-6-11-15)16-12-8-7-9-14(16)3/h4-13,17-18H,1-3H3. The van der Waals surface area contributed by atoms with Crippen LogP contribution in [0.3, 0.4) is 0 Å². The topological polar surface area (TPSA) is 12.0 Å². The Kier molecular flexibility index (Phi) is 4.16. The zero-order valence-corrected chi connectivity index (χ0v) is 11.4. The molecule has 0 spiro atoms. The van der Waals surface area contributed by atoms with Crippen LogP contribution in [0.15, 0.2) is 54.6 Å². The summed E-state index contributed by atoms with van der Waals surface area (Å²) in [5, 5.41) is 3.65. The lowest BCUT2D eigenvalue weighted by Crippen LogP contribution is -2.29. The van der Waals surface area contributed by atoms with E-state index < -0.39 is 0 Å². The Morgan fingerprint density at radius 1 is 0.833 bits per heavy atom. The van der Waals surface area contributed by atoms with E-state index in [0.717, 1.165) is 0 Å². The molecule has 1 unspecified atom stereocenters. The largest absolute Gasteiger partial charge is 0.304 e. The summed E-state index contributed by atoms with van der Waals surface area (Å²) < 4.78 is 0. The molecule has 0 aliphatic carbocycles. The first-order chi connectivity index (χ1) is 8.68. The minimum Gasteiger partial charge on any atom is -0.304 e. The molecule has 0 saturated heterocycles. The molecule has 1 nitrogen and oxygen atoms in total. The molecular formula is C17H21N. The third-order valence-corrected chi connectivity index (χ3v) is 3.13. The highest BCUT2D eigenvalue weighted by molar-refractivity contribution is 5.36. The van der Waals surface area contributed by atoms with Crippen LogP contribution in [0, 0.1) is 6.92 Å². The fraction of sp³-hybridized carbons (Fsp3) is 0.294. The van der Waals surface area contributed by atoms with Gasteiger partial charge in [-0.25, -0.2) is 0 Å². The Hall–Kier alpha value is -1.60. The van der Waals surface area contributed by atoms with Crippen molar-refractivity contribution in [2.24, 2.45) is 0 Å². The summed E-state index contributed by atoms with van der Waals surface area (Å²) in [6.45, 7) is 6.55. The molecule has 0 amide bonds. The maximum atomic E-state index is 3.65. The molecule has 2 rings (SSSR count). The number of aryl methyl sites for hydroxylation is 1. The number of rotatable bonds is 4. The molecule has 2 aromatic rings. The Bertz CT molecular complexity index is 488. The van der Waals surface area contributed by atoms with Gasteiger partial charge in [0.1, 0.15) is 0 Å². The molecule has 94 valence electrons. The van der Waals surface area contributed by atoms with Gasteiger partial charge in [0.25, 0.3) is 0 Å². The van der Waals surface area contributed by atoms with Crippen molar-refractivity contribution in [2.45, 2.75) is 32.9 Å². The molecule has 1 N–H and O–H groups in total. The van der Waals surface area contributed by atoms with E-state index in [4.69, 9.17) is 0 Å². The van der Waals surface area contributed by atoms with Crippen LogP contribution < -0.4 is 5.32 Å². The number of benzene rings is 2. The molecule has 0 aliphatic rings. The maximum Gasteiger partial charge on any atom is 0.0581 e. The van der Waals surface area contributed by atoms with E-state index in [1.165, 1.54) is 16.7 Å². The number of nitrogens with one attached hydrogen (secondary N) is 1. The van der Waals surface area contributed by atoms with Crippen LogP contribution in [0.4, 0.5) is 0 Å². The summed E-state index contributed by atoms with van der Waals surface area (Å²) in [4.78, 5) is 0. The molecule has 0 aromatic heterocycles. The van der Waals surface area contributed by atoms with E-state index in [2.05, 4.69) is 80.7 Å². The van der Waals surface area contributed by atoms with E-state index in [-0.39, 0.29) is 6.04 Å². The highest BCUT2D eigenvalue weighted by Gasteiger charge is 2.15. The highest BCUT2D eigenvalue weighted by Crippen LogP contribution is 2.25. The molecule has 0 bridgehead atoms. The molecular weight excluding hydrogens is 218 g/mol. The summed E-state index contributed by atoms with van der Waals surface area (Å²) in [6.07, 6.45) is 0. The van der Waals surface area contributed by atoms with Gasteiger partial charge in [-0.2, -0.15) is 0 Å². The zero-order chi connectivity index (χ0) is 13.0. The first kappa shape index (κ1) is 12.8. The Labute approximate surface area is 110 Å². The van der Waals surface area contributed by atoms with E-state index in [1.807, 2.05) is 0 Å². The minimum atomic E-state index is 0.271. The van der Waals surface area contributed by atoms with Crippen molar-refractivity contribution in [2.75, 3.05) is 0 Å². The Morgan fingerprint density at radius 2 is 1.44 bits per heavy atom.